The zero-order chi connectivity index (χ0) is 17.6. The van der Waals surface area contributed by atoms with Crippen LogP contribution in [0.2, 0.25) is 0 Å². The van der Waals surface area contributed by atoms with Gasteiger partial charge in [-0.15, -0.1) is 0 Å². The predicted octanol–water partition coefficient (Wildman–Crippen LogP) is 1.65. The summed E-state index contributed by atoms with van der Waals surface area (Å²) in [5.74, 6) is -0.683. The molecule has 1 rings (SSSR count). The second kappa shape index (κ2) is 8.69. The molecule has 0 bridgehead atoms. The molecule has 1 aromatic heterocycles. The van der Waals surface area contributed by atoms with Crippen LogP contribution in [0.4, 0.5) is 0 Å². The lowest BCUT2D eigenvalue weighted by Crippen LogP contribution is -2.34. The minimum absolute atomic E-state index is 0.219. The van der Waals surface area contributed by atoms with Gasteiger partial charge in [0.15, 0.2) is 6.29 Å². The molecule has 23 heavy (non-hydrogen) atoms. The van der Waals surface area contributed by atoms with Crippen molar-refractivity contribution >= 4 is 11.9 Å². The molecule has 0 aromatic carbocycles. The van der Waals surface area contributed by atoms with Crippen LogP contribution in [0.15, 0.2) is 0 Å². The summed E-state index contributed by atoms with van der Waals surface area (Å²) in [6, 6.07) is 0. The van der Waals surface area contributed by atoms with Gasteiger partial charge in [0.1, 0.15) is 5.69 Å². The number of ether oxygens (including phenoxy) is 3. The topological polar surface area (TPSA) is 78.8 Å². The van der Waals surface area contributed by atoms with Crippen molar-refractivity contribution in [2.24, 2.45) is 0 Å². The summed E-state index contributed by atoms with van der Waals surface area (Å²) >= 11 is 0. The molecule has 7 heteroatoms. The van der Waals surface area contributed by atoms with Crippen molar-refractivity contribution in [3.63, 3.8) is 0 Å². The van der Waals surface area contributed by atoms with Gasteiger partial charge in [0.25, 0.3) is 5.91 Å². The van der Waals surface area contributed by atoms with Gasteiger partial charge in [-0.25, -0.2) is 4.79 Å². The number of carbonyl (C=O) groups excluding carboxylic acids is 2. The number of hydrogen-bond donors (Lipinski definition) is 1. The molecule has 130 valence electrons. The Morgan fingerprint density at radius 3 is 2.26 bits per heavy atom. The Bertz CT molecular complexity index is 561. The molecule has 0 unspecified atom stereocenters. The zero-order valence-corrected chi connectivity index (χ0v) is 14.7. The molecule has 0 radical (unpaired) electrons. The summed E-state index contributed by atoms with van der Waals surface area (Å²) in [6.07, 6.45) is -0.516. The lowest BCUT2D eigenvalue weighted by Gasteiger charge is -2.14. The van der Waals surface area contributed by atoms with Crippen LogP contribution in [-0.2, 0) is 20.8 Å². The van der Waals surface area contributed by atoms with E-state index < -0.39 is 12.3 Å². The third-order valence-electron chi connectivity index (χ3n) is 3.73. The number of carbonyl (C=O) groups is 2. The number of hydrogen-bond acceptors (Lipinski definition) is 5. The third-order valence-corrected chi connectivity index (χ3v) is 3.73. The van der Waals surface area contributed by atoms with Gasteiger partial charge in [0, 0.05) is 26.5 Å². The Morgan fingerprint density at radius 1 is 1.17 bits per heavy atom. The smallest absolute Gasteiger partial charge is 0.355 e. The maximum Gasteiger partial charge on any atom is 0.355 e. The third kappa shape index (κ3) is 4.11. The monoisotopic (exact) mass is 326 g/mol. The van der Waals surface area contributed by atoms with Crippen molar-refractivity contribution in [2.45, 2.75) is 40.5 Å². The molecule has 1 amide bonds. The normalized spacial score (nSPS) is 10.9. The van der Waals surface area contributed by atoms with Gasteiger partial charge in [0.2, 0.25) is 0 Å². The van der Waals surface area contributed by atoms with E-state index in [-0.39, 0.29) is 19.1 Å². The van der Waals surface area contributed by atoms with Crippen LogP contribution in [0.1, 0.15) is 46.0 Å². The van der Waals surface area contributed by atoms with Crippen molar-refractivity contribution in [2.75, 3.05) is 27.4 Å². The average molecular weight is 326 g/mol. The molecule has 7 nitrogen and oxygen atoms in total. The van der Waals surface area contributed by atoms with Crippen LogP contribution in [0.5, 0.6) is 0 Å². The molecular formula is C16H26N2O5. The summed E-state index contributed by atoms with van der Waals surface area (Å²) in [7, 11) is 3.01. The second-order valence-electron chi connectivity index (χ2n) is 5.01. The molecular weight excluding hydrogens is 300 g/mol. The van der Waals surface area contributed by atoms with Gasteiger partial charge in [-0.3, -0.25) is 4.79 Å². The first-order chi connectivity index (χ1) is 10.9. The van der Waals surface area contributed by atoms with Crippen molar-refractivity contribution in [3.05, 3.63) is 22.5 Å². The number of amides is 1. The first-order valence-corrected chi connectivity index (χ1v) is 7.63. The molecule has 0 aliphatic carbocycles. The standard InChI is InChI=1S/C16H26N2O5/c1-7-18-11(4)13(10(3)14(18)16(20)23-8-2)15(19)17-9-12(21-5)22-6/h12H,7-9H2,1-6H3,(H,17,19). The van der Waals surface area contributed by atoms with Crippen molar-refractivity contribution in [3.8, 4) is 0 Å². The Hall–Kier alpha value is -1.86. The van der Waals surface area contributed by atoms with Crippen LogP contribution in [0, 0.1) is 13.8 Å². The van der Waals surface area contributed by atoms with Crippen LogP contribution in [0.3, 0.4) is 0 Å². The first-order valence-electron chi connectivity index (χ1n) is 7.63. The van der Waals surface area contributed by atoms with E-state index in [0.29, 0.717) is 23.4 Å². The number of esters is 1. The molecule has 0 saturated carbocycles. The van der Waals surface area contributed by atoms with Crippen LogP contribution in [0.25, 0.3) is 0 Å². The van der Waals surface area contributed by atoms with Gasteiger partial charge in [-0.2, -0.15) is 0 Å². The van der Waals surface area contributed by atoms with Gasteiger partial charge in [-0.1, -0.05) is 0 Å². The highest BCUT2D eigenvalue weighted by Gasteiger charge is 2.26. The lowest BCUT2D eigenvalue weighted by molar-refractivity contribution is -0.0974. The molecule has 0 aliphatic heterocycles. The van der Waals surface area contributed by atoms with E-state index >= 15 is 0 Å². The van der Waals surface area contributed by atoms with E-state index in [1.54, 1.807) is 18.4 Å². The number of rotatable bonds is 8. The largest absolute Gasteiger partial charge is 0.461 e. The Morgan fingerprint density at radius 2 is 1.78 bits per heavy atom. The summed E-state index contributed by atoms with van der Waals surface area (Å²) in [5, 5.41) is 2.76. The maximum absolute atomic E-state index is 12.5. The summed E-state index contributed by atoms with van der Waals surface area (Å²) in [4.78, 5) is 24.7. The van der Waals surface area contributed by atoms with E-state index in [2.05, 4.69) is 5.32 Å². The van der Waals surface area contributed by atoms with Gasteiger partial charge < -0.3 is 24.1 Å². The molecule has 1 N–H and O–H groups in total. The fraction of sp³-hybridized carbons (Fsp3) is 0.625. The zero-order valence-electron chi connectivity index (χ0n) is 14.7. The molecule has 0 fully saturated rings. The highest BCUT2D eigenvalue weighted by Crippen LogP contribution is 2.23. The van der Waals surface area contributed by atoms with E-state index in [1.807, 2.05) is 13.8 Å². The summed E-state index contributed by atoms with van der Waals surface area (Å²) in [6.45, 7) is 8.33. The van der Waals surface area contributed by atoms with Gasteiger partial charge >= 0.3 is 5.97 Å². The van der Waals surface area contributed by atoms with Gasteiger partial charge in [0.05, 0.1) is 18.7 Å². The molecule has 1 heterocycles. The molecule has 0 spiro atoms. The number of nitrogens with one attached hydrogen (secondary N) is 1. The maximum atomic E-state index is 12.5. The van der Waals surface area contributed by atoms with Crippen LogP contribution in [-0.4, -0.2) is 50.1 Å². The number of aromatic nitrogens is 1. The fourth-order valence-corrected chi connectivity index (χ4v) is 2.61. The highest BCUT2D eigenvalue weighted by atomic mass is 16.7. The minimum Gasteiger partial charge on any atom is -0.461 e. The Kier molecular flexibility index (Phi) is 7.25. The Balaban J connectivity index is 3.12. The number of nitrogens with zero attached hydrogens (tertiary/aromatic N) is 1. The molecule has 0 aliphatic rings. The SMILES string of the molecule is CCOC(=O)c1c(C)c(C(=O)NCC(OC)OC)c(C)n1CC. The van der Waals surface area contributed by atoms with Crippen LogP contribution < -0.4 is 5.32 Å². The van der Waals surface area contributed by atoms with Crippen molar-refractivity contribution < 1.29 is 23.8 Å². The average Bonchev–Trinajstić information content (AvgIpc) is 2.78. The van der Waals surface area contributed by atoms with E-state index in [9.17, 15) is 9.59 Å². The number of methoxy groups -OCH3 is 2. The molecule has 0 atom stereocenters. The fourth-order valence-electron chi connectivity index (χ4n) is 2.61. The lowest BCUT2D eigenvalue weighted by atomic mass is 10.1. The minimum atomic E-state index is -0.516. The van der Waals surface area contributed by atoms with E-state index in [0.717, 1.165) is 5.69 Å². The first kappa shape index (κ1) is 19.2. The molecule has 1 aromatic rings. The quantitative estimate of drug-likeness (QED) is 0.580. The second-order valence-corrected chi connectivity index (χ2v) is 5.01. The van der Waals surface area contributed by atoms with Gasteiger partial charge in [-0.05, 0) is 33.3 Å². The Labute approximate surface area is 136 Å². The van der Waals surface area contributed by atoms with Crippen molar-refractivity contribution in [1.82, 2.24) is 9.88 Å². The predicted molar refractivity (Wildman–Crippen MR) is 85.7 cm³/mol. The summed E-state index contributed by atoms with van der Waals surface area (Å²) < 4.78 is 17.0. The van der Waals surface area contributed by atoms with E-state index in [1.165, 1.54) is 14.2 Å². The van der Waals surface area contributed by atoms with Crippen molar-refractivity contribution in [1.29, 1.82) is 0 Å². The summed E-state index contributed by atoms with van der Waals surface area (Å²) in [5.41, 5.74) is 2.26. The van der Waals surface area contributed by atoms with E-state index in [4.69, 9.17) is 14.2 Å². The molecule has 0 saturated heterocycles. The van der Waals surface area contributed by atoms with Crippen LogP contribution >= 0.6 is 0 Å². The highest BCUT2D eigenvalue weighted by molar-refractivity contribution is 6.01.